The van der Waals surface area contributed by atoms with E-state index in [0.717, 1.165) is 5.65 Å². The summed E-state index contributed by atoms with van der Waals surface area (Å²) in [7, 11) is 0. The van der Waals surface area contributed by atoms with Crippen LogP contribution < -0.4 is 0 Å². The van der Waals surface area contributed by atoms with Crippen molar-refractivity contribution in [2.45, 2.75) is 79.6 Å². The first-order valence-corrected chi connectivity index (χ1v) is 8.59. The van der Waals surface area contributed by atoms with E-state index in [9.17, 15) is 0 Å². The van der Waals surface area contributed by atoms with Gasteiger partial charge in [-0.05, 0) is 43.4 Å². The molecule has 0 saturated heterocycles. The zero-order chi connectivity index (χ0) is 15.8. The molecule has 21 heavy (non-hydrogen) atoms. The molecule has 118 valence electrons. The lowest BCUT2D eigenvalue weighted by atomic mass is 9.92. The van der Waals surface area contributed by atoms with Gasteiger partial charge in [0.15, 0.2) is 0 Å². The number of rotatable bonds is 6. The largest absolute Gasteiger partial charge is 0.343 e. The zero-order valence-corrected chi connectivity index (χ0v) is 14.7. The van der Waals surface area contributed by atoms with Crippen LogP contribution in [0.25, 0.3) is 11.0 Å². The number of nitrogens with zero attached hydrogens (tertiary/aromatic N) is 1. The number of unbranched alkanes of at least 4 members (excludes halogenated alkanes) is 3. The highest BCUT2D eigenvalue weighted by molar-refractivity contribution is 5.85. The number of H-pyrrole nitrogens is 1. The molecule has 0 bridgehead atoms. The molecule has 2 nitrogen and oxygen atoms in total. The highest BCUT2D eigenvalue weighted by Crippen LogP contribution is 2.31. The molecule has 1 N–H and O–H groups in total. The summed E-state index contributed by atoms with van der Waals surface area (Å²) < 4.78 is 0. The number of hydrogen-bond donors (Lipinski definition) is 1. The predicted molar refractivity (Wildman–Crippen MR) is 94.1 cm³/mol. The van der Waals surface area contributed by atoms with Crippen LogP contribution in [0.5, 0.6) is 0 Å². The van der Waals surface area contributed by atoms with E-state index in [1.54, 1.807) is 0 Å². The van der Waals surface area contributed by atoms with Gasteiger partial charge in [0.2, 0.25) is 0 Å². The molecule has 0 aliphatic rings. The molecule has 2 heterocycles. The van der Waals surface area contributed by atoms with E-state index in [4.69, 9.17) is 0 Å². The average Bonchev–Trinajstić information content (AvgIpc) is 2.80. The molecule has 0 aromatic carbocycles. The minimum Gasteiger partial charge on any atom is -0.343 e. The third-order valence-electron chi connectivity index (χ3n) is 4.25. The summed E-state index contributed by atoms with van der Waals surface area (Å²) in [6.07, 6.45) is 8.59. The minimum absolute atomic E-state index is 0.622. The summed E-state index contributed by atoms with van der Waals surface area (Å²) in [4.78, 5) is 7.85. The highest BCUT2D eigenvalue weighted by atomic mass is 14.9. The molecule has 0 aliphatic heterocycles. The van der Waals surface area contributed by atoms with Crippen molar-refractivity contribution in [3.63, 3.8) is 0 Å². The Kier molecular flexibility index (Phi) is 7.49. The predicted octanol–water partition coefficient (Wildman–Crippen LogP) is 6.28. The molecular formula is C19H32N2. The van der Waals surface area contributed by atoms with Gasteiger partial charge in [-0.15, -0.1) is 0 Å². The Hall–Kier alpha value is -1.31. The van der Waals surface area contributed by atoms with E-state index >= 15 is 0 Å². The lowest BCUT2D eigenvalue weighted by Gasteiger charge is -2.13. The molecule has 1 atom stereocenters. The smallest absolute Gasteiger partial charge is 0.137 e. The zero-order valence-electron chi connectivity index (χ0n) is 14.7. The lowest BCUT2D eigenvalue weighted by Crippen LogP contribution is -1.96. The maximum absolute atomic E-state index is 4.46. The van der Waals surface area contributed by atoms with Crippen LogP contribution in [0.3, 0.4) is 0 Å². The molecule has 2 aromatic heterocycles. The second-order valence-electron chi connectivity index (χ2n) is 5.75. The van der Waals surface area contributed by atoms with Crippen molar-refractivity contribution in [3.8, 4) is 0 Å². The molecule has 2 aromatic rings. The molecule has 0 saturated carbocycles. The number of pyridine rings is 1. The minimum atomic E-state index is 0.622. The van der Waals surface area contributed by atoms with Gasteiger partial charge in [-0.2, -0.15) is 0 Å². The molecule has 0 aliphatic carbocycles. The van der Waals surface area contributed by atoms with E-state index in [-0.39, 0.29) is 0 Å². The number of fused-ring (bicyclic) bond motifs is 1. The van der Waals surface area contributed by atoms with Crippen LogP contribution in [0.1, 0.15) is 82.5 Å². The molecular weight excluding hydrogens is 256 g/mol. The van der Waals surface area contributed by atoms with Crippen LogP contribution in [-0.2, 0) is 0 Å². The second kappa shape index (κ2) is 8.86. The standard InChI is InChI=1S/C17H26N2.C2H6/c1-5-6-7-8-9-12(2)15-10-11-18-17-16(15)13(3)14(4)19-17;1-2/h10-12H,5-9H2,1-4H3,(H,18,19);1-2H3. The molecule has 0 radical (unpaired) electrons. The fourth-order valence-electron chi connectivity index (χ4n) is 2.87. The van der Waals surface area contributed by atoms with E-state index in [1.165, 1.54) is 54.3 Å². The first-order valence-electron chi connectivity index (χ1n) is 8.59. The van der Waals surface area contributed by atoms with Gasteiger partial charge >= 0.3 is 0 Å². The third-order valence-corrected chi connectivity index (χ3v) is 4.25. The van der Waals surface area contributed by atoms with Crippen LogP contribution >= 0.6 is 0 Å². The molecule has 2 rings (SSSR count). The number of nitrogens with one attached hydrogen (secondary N) is 1. The summed E-state index contributed by atoms with van der Waals surface area (Å²) in [5.41, 5.74) is 5.11. The maximum Gasteiger partial charge on any atom is 0.137 e. The summed E-state index contributed by atoms with van der Waals surface area (Å²) in [5, 5.41) is 1.35. The van der Waals surface area contributed by atoms with Gasteiger partial charge < -0.3 is 4.98 Å². The van der Waals surface area contributed by atoms with Crippen molar-refractivity contribution in [2.75, 3.05) is 0 Å². The number of aromatic amines is 1. The Balaban J connectivity index is 0.00000106. The average molecular weight is 288 g/mol. The monoisotopic (exact) mass is 288 g/mol. The quantitative estimate of drug-likeness (QED) is 0.622. The van der Waals surface area contributed by atoms with Gasteiger partial charge in [0.25, 0.3) is 0 Å². The third kappa shape index (κ3) is 4.33. The summed E-state index contributed by atoms with van der Waals surface area (Å²) in [6.45, 7) is 12.9. The Morgan fingerprint density at radius 2 is 1.86 bits per heavy atom. The van der Waals surface area contributed by atoms with Gasteiger partial charge in [0, 0.05) is 17.3 Å². The van der Waals surface area contributed by atoms with Crippen molar-refractivity contribution >= 4 is 11.0 Å². The Labute approximate surface area is 130 Å². The fraction of sp³-hybridized carbons (Fsp3) is 0.632. The normalized spacial score (nSPS) is 12.1. The molecule has 0 fully saturated rings. The fourth-order valence-corrected chi connectivity index (χ4v) is 2.87. The number of aryl methyl sites for hydroxylation is 2. The number of hydrogen-bond acceptors (Lipinski definition) is 1. The lowest BCUT2D eigenvalue weighted by molar-refractivity contribution is 0.581. The molecule has 0 spiro atoms. The summed E-state index contributed by atoms with van der Waals surface area (Å²) >= 11 is 0. The number of aromatic nitrogens is 2. The van der Waals surface area contributed by atoms with Crippen molar-refractivity contribution in [3.05, 3.63) is 29.1 Å². The van der Waals surface area contributed by atoms with Crippen molar-refractivity contribution in [2.24, 2.45) is 0 Å². The van der Waals surface area contributed by atoms with Crippen molar-refractivity contribution in [1.82, 2.24) is 9.97 Å². The first-order chi connectivity index (χ1) is 10.1. The SMILES string of the molecule is CC.CCCCCCC(C)c1ccnc2[nH]c(C)c(C)c12. The first kappa shape index (κ1) is 17.7. The highest BCUT2D eigenvalue weighted by Gasteiger charge is 2.14. The Bertz CT molecular complexity index is 540. The summed E-state index contributed by atoms with van der Waals surface area (Å²) in [5.74, 6) is 0.622. The van der Waals surface area contributed by atoms with Crippen LogP contribution in [0.4, 0.5) is 0 Å². The van der Waals surface area contributed by atoms with Gasteiger partial charge in [-0.1, -0.05) is 53.4 Å². The Morgan fingerprint density at radius 1 is 1.14 bits per heavy atom. The van der Waals surface area contributed by atoms with Gasteiger partial charge in [0.05, 0.1) is 0 Å². The van der Waals surface area contributed by atoms with Crippen LogP contribution in [0.15, 0.2) is 12.3 Å². The molecule has 1 unspecified atom stereocenters. The van der Waals surface area contributed by atoms with E-state index in [1.807, 2.05) is 20.0 Å². The van der Waals surface area contributed by atoms with E-state index < -0.39 is 0 Å². The summed E-state index contributed by atoms with van der Waals surface area (Å²) in [6, 6.07) is 2.20. The van der Waals surface area contributed by atoms with Gasteiger partial charge in [-0.3, -0.25) is 0 Å². The molecule has 2 heteroatoms. The van der Waals surface area contributed by atoms with Gasteiger partial charge in [-0.25, -0.2) is 4.98 Å². The second-order valence-corrected chi connectivity index (χ2v) is 5.75. The van der Waals surface area contributed by atoms with Crippen LogP contribution in [-0.4, -0.2) is 9.97 Å². The van der Waals surface area contributed by atoms with E-state index in [2.05, 4.69) is 43.7 Å². The van der Waals surface area contributed by atoms with Crippen LogP contribution in [0, 0.1) is 13.8 Å². The maximum atomic E-state index is 4.46. The van der Waals surface area contributed by atoms with E-state index in [0.29, 0.717) is 5.92 Å². The molecule has 0 amide bonds. The van der Waals surface area contributed by atoms with Crippen molar-refractivity contribution in [1.29, 1.82) is 0 Å². The van der Waals surface area contributed by atoms with Crippen LogP contribution in [0.2, 0.25) is 0 Å². The topological polar surface area (TPSA) is 28.7 Å². The van der Waals surface area contributed by atoms with Gasteiger partial charge in [0.1, 0.15) is 5.65 Å². The Morgan fingerprint density at radius 3 is 2.52 bits per heavy atom. The van der Waals surface area contributed by atoms with Crippen molar-refractivity contribution < 1.29 is 0 Å².